The van der Waals surface area contributed by atoms with E-state index in [2.05, 4.69) is 35.1 Å². The number of aliphatic hydroxyl groups excluding tert-OH is 1. The zero-order valence-electron chi connectivity index (χ0n) is 31.3. The highest BCUT2D eigenvalue weighted by molar-refractivity contribution is 5.96. The minimum atomic E-state index is -1.33. The minimum absolute atomic E-state index is 0.00496. The summed E-state index contributed by atoms with van der Waals surface area (Å²) >= 11 is 0. The smallest absolute Gasteiger partial charge is 0.245 e. The van der Waals surface area contributed by atoms with Crippen LogP contribution in [0.15, 0.2) is 0 Å². The second kappa shape index (κ2) is 20.8. The first kappa shape index (κ1) is 42.4. The van der Waals surface area contributed by atoms with Gasteiger partial charge in [0.05, 0.1) is 24.7 Å². The fourth-order valence-corrected chi connectivity index (χ4v) is 7.08. The molecule has 2 fully saturated rings. The summed E-state index contributed by atoms with van der Waals surface area (Å²) in [5.74, 6) is -3.30. The Morgan fingerprint density at radius 1 is 0.878 bits per heavy atom. The third-order valence-corrected chi connectivity index (χ3v) is 10.1. The molecule has 49 heavy (non-hydrogen) atoms. The van der Waals surface area contributed by atoms with Gasteiger partial charge in [0.1, 0.15) is 24.2 Å². The van der Waals surface area contributed by atoms with Crippen LogP contribution in [-0.2, 0) is 28.7 Å². The molecule has 1 aliphatic heterocycles. The van der Waals surface area contributed by atoms with Crippen molar-refractivity contribution in [1.82, 2.24) is 26.2 Å². The highest BCUT2D eigenvalue weighted by Crippen LogP contribution is 2.28. The normalized spacial score (nSPS) is 30.7. The van der Waals surface area contributed by atoms with Gasteiger partial charge in [0, 0.05) is 19.6 Å². The van der Waals surface area contributed by atoms with Crippen LogP contribution in [0.4, 0.5) is 0 Å². The molecule has 5 amide bonds. The molecule has 0 aromatic heterocycles. The zero-order valence-corrected chi connectivity index (χ0v) is 31.3. The first-order valence-electron chi connectivity index (χ1n) is 18.6. The molecule has 1 saturated heterocycles. The van der Waals surface area contributed by atoms with Crippen LogP contribution < -0.4 is 27.0 Å². The van der Waals surface area contributed by atoms with Crippen molar-refractivity contribution in [3.63, 3.8) is 0 Å². The molecule has 7 N–H and O–H groups in total. The number of ether oxygens (including phenoxy) is 1. The maximum Gasteiger partial charge on any atom is 0.245 e. The highest BCUT2D eigenvalue weighted by atomic mass is 16.5. The maximum absolute atomic E-state index is 14.2. The molecule has 0 aromatic rings. The average Bonchev–Trinajstić information content (AvgIpc) is 3.06. The van der Waals surface area contributed by atoms with Crippen LogP contribution in [0.3, 0.4) is 0 Å². The Morgan fingerprint density at radius 3 is 2.10 bits per heavy atom. The van der Waals surface area contributed by atoms with Crippen molar-refractivity contribution in [2.45, 2.75) is 155 Å². The molecular formula is C36H66N6O7. The summed E-state index contributed by atoms with van der Waals surface area (Å²) in [5, 5.41) is 21.5. The Balaban J connectivity index is 2.59. The number of carbonyl (C=O) groups excluding carboxylic acids is 5. The lowest BCUT2D eigenvalue weighted by Crippen LogP contribution is -2.62. The fourth-order valence-electron chi connectivity index (χ4n) is 7.08. The summed E-state index contributed by atoms with van der Waals surface area (Å²) in [5.41, 5.74) is 5.94. The number of unbranched alkanes of at least 4 members (excludes halogenated alkanes) is 2. The van der Waals surface area contributed by atoms with E-state index in [1.54, 1.807) is 14.0 Å². The molecule has 1 aliphatic carbocycles. The van der Waals surface area contributed by atoms with Crippen LogP contribution in [0.25, 0.3) is 0 Å². The second-order valence-electron chi connectivity index (χ2n) is 15.0. The average molecular weight is 695 g/mol. The third-order valence-electron chi connectivity index (χ3n) is 10.1. The fraction of sp³-hybridized carbons (Fsp3) is 0.861. The largest absolute Gasteiger partial charge is 0.391 e. The summed E-state index contributed by atoms with van der Waals surface area (Å²) in [4.78, 5) is 70.5. The number of nitrogens with two attached hydrogens (primary N) is 1. The molecule has 1 saturated carbocycles. The number of hydrogen-bond donors (Lipinski definition) is 6. The second-order valence-corrected chi connectivity index (χ2v) is 15.0. The summed E-state index contributed by atoms with van der Waals surface area (Å²) < 4.78 is 6.41. The van der Waals surface area contributed by atoms with Gasteiger partial charge in [-0.3, -0.25) is 24.0 Å². The first-order chi connectivity index (χ1) is 23.1. The van der Waals surface area contributed by atoms with Gasteiger partial charge in [-0.2, -0.15) is 0 Å². The standard InChI is InChI=1S/C36H66N6O7/c1-9-10-12-15-22(4)31-24(6)36(48)42(8)28(18-21(2)3)33(45)41-30(26-16-13-11-14-17-26)35(47)39-27(19-37)32(44)40-29(25(7)43)34(46)38-23(5)20-49-31/h21-31,43H,9-20,37H2,1-8H3,(H,38,46)(H,39,47)(H,40,44)(H,41,45)/t22?,23-,24-,25+,27+,28+,29+,30+,31-/m1/s1. The number of aliphatic hydroxyl groups is 1. The van der Waals surface area contributed by atoms with Gasteiger partial charge in [0.25, 0.3) is 0 Å². The Hall–Kier alpha value is -2.77. The SMILES string of the molecule is CCCCCC(C)[C@H]1OC[C@@H](C)NC(=O)[C@H]([C@H](C)O)NC(=O)[C@H](CN)NC(=O)[C@H](C2CCCCC2)NC(=O)[C@H](CC(C)C)N(C)C(=O)[C@@H]1C. The molecule has 13 heteroatoms. The molecular weight excluding hydrogens is 628 g/mol. The van der Waals surface area contributed by atoms with Crippen molar-refractivity contribution in [1.29, 1.82) is 0 Å². The number of rotatable bonds is 10. The van der Waals surface area contributed by atoms with Gasteiger partial charge in [-0.1, -0.05) is 73.1 Å². The highest BCUT2D eigenvalue weighted by Gasteiger charge is 2.40. The lowest BCUT2D eigenvalue weighted by molar-refractivity contribution is -0.149. The van der Waals surface area contributed by atoms with E-state index in [1.165, 1.54) is 11.8 Å². The Bertz CT molecular complexity index is 1080. The molecule has 1 heterocycles. The monoisotopic (exact) mass is 694 g/mol. The molecule has 2 rings (SSSR count). The van der Waals surface area contributed by atoms with Crippen LogP contribution in [0.2, 0.25) is 0 Å². The summed E-state index contributed by atoms with van der Waals surface area (Å²) in [6.07, 6.45) is 6.81. The van der Waals surface area contributed by atoms with Crippen LogP contribution in [0.5, 0.6) is 0 Å². The molecule has 13 nitrogen and oxygen atoms in total. The predicted molar refractivity (Wildman–Crippen MR) is 189 cm³/mol. The number of nitrogens with zero attached hydrogens (tertiary/aromatic N) is 1. The van der Waals surface area contributed by atoms with Crippen molar-refractivity contribution >= 4 is 29.5 Å². The molecule has 2 aliphatic rings. The number of nitrogens with one attached hydrogen (secondary N) is 4. The van der Waals surface area contributed by atoms with E-state index < -0.39 is 72.0 Å². The lowest BCUT2D eigenvalue weighted by Gasteiger charge is -2.37. The van der Waals surface area contributed by atoms with Gasteiger partial charge in [0.2, 0.25) is 29.5 Å². The van der Waals surface area contributed by atoms with Crippen molar-refractivity contribution < 1.29 is 33.8 Å². The van der Waals surface area contributed by atoms with Crippen molar-refractivity contribution in [2.75, 3.05) is 20.2 Å². The number of carbonyl (C=O) groups is 5. The van der Waals surface area contributed by atoms with E-state index in [9.17, 15) is 29.1 Å². The number of amides is 5. The third kappa shape index (κ3) is 12.8. The van der Waals surface area contributed by atoms with Gasteiger partial charge in [-0.25, -0.2) is 0 Å². The number of hydrogen-bond acceptors (Lipinski definition) is 8. The quantitative estimate of drug-likeness (QED) is 0.187. The Labute approximate surface area is 294 Å². The van der Waals surface area contributed by atoms with Gasteiger partial charge in [0.15, 0.2) is 0 Å². The molecule has 1 unspecified atom stereocenters. The summed E-state index contributed by atoms with van der Waals surface area (Å²) in [6, 6.07) is -4.88. The van der Waals surface area contributed by atoms with E-state index in [0.29, 0.717) is 6.42 Å². The minimum Gasteiger partial charge on any atom is -0.391 e. The van der Waals surface area contributed by atoms with Crippen LogP contribution >= 0.6 is 0 Å². The molecule has 9 atom stereocenters. The van der Waals surface area contributed by atoms with Crippen molar-refractivity contribution in [3.8, 4) is 0 Å². The van der Waals surface area contributed by atoms with Crippen molar-refractivity contribution in [3.05, 3.63) is 0 Å². The molecule has 0 aromatic carbocycles. The zero-order chi connectivity index (χ0) is 36.8. The molecule has 0 bridgehead atoms. The van der Waals surface area contributed by atoms with Gasteiger partial charge in [-0.15, -0.1) is 0 Å². The van der Waals surface area contributed by atoms with Crippen LogP contribution in [0, 0.1) is 23.7 Å². The van der Waals surface area contributed by atoms with E-state index >= 15 is 0 Å². The molecule has 282 valence electrons. The van der Waals surface area contributed by atoms with E-state index in [-0.39, 0.29) is 36.8 Å². The van der Waals surface area contributed by atoms with E-state index in [1.807, 2.05) is 20.8 Å². The topological polar surface area (TPSA) is 192 Å². The summed E-state index contributed by atoms with van der Waals surface area (Å²) in [6.45, 7) is 12.9. The van der Waals surface area contributed by atoms with E-state index in [0.717, 1.165) is 57.8 Å². The lowest BCUT2D eigenvalue weighted by atomic mass is 9.83. The Kier molecular flexibility index (Phi) is 18.0. The summed E-state index contributed by atoms with van der Waals surface area (Å²) in [7, 11) is 1.64. The first-order valence-corrected chi connectivity index (χ1v) is 18.6. The molecule has 0 radical (unpaired) electrons. The maximum atomic E-state index is 14.2. The van der Waals surface area contributed by atoms with Crippen molar-refractivity contribution in [2.24, 2.45) is 29.4 Å². The van der Waals surface area contributed by atoms with Gasteiger partial charge >= 0.3 is 0 Å². The Morgan fingerprint density at radius 2 is 1.53 bits per heavy atom. The molecule has 0 spiro atoms. The van der Waals surface area contributed by atoms with Gasteiger partial charge in [-0.05, 0) is 57.3 Å². The van der Waals surface area contributed by atoms with Crippen LogP contribution in [0.1, 0.15) is 113 Å². The number of likely N-dealkylation sites (N-methyl/N-ethyl adjacent to an activating group) is 1. The van der Waals surface area contributed by atoms with Crippen LogP contribution in [-0.4, -0.2) is 102 Å². The van der Waals surface area contributed by atoms with Gasteiger partial charge < -0.3 is 41.7 Å². The van der Waals surface area contributed by atoms with E-state index in [4.69, 9.17) is 10.5 Å². The predicted octanol–water partition coefficient (Wildman–Crippen LogP) is 1.99.